The van der Waals surface area contributed by atoms with Crippen LogP contribution in [0, 0.1) is 13.8 Å². The second-order valence-electron chi connectivity index (χ2n) is 6.02. The fourth-order valence-electron chi connectivity index (χ4n) is 2.65. The van der Waals surface area contributed by atoms with Crippen molar-refractivity contribution in [1.29, 1.82) is 0 Å². The van der Waals surface area contributed by atoms with E-state index in [0.29, 0.717) is 17.1 Å². The molecular formula is C19H20N2O4. The van der Waals surface area contributed by atoms with E-state index in [0.717, 1.165) is 16.9 Å². The zero-order chi connectivity index (χ0) is 18.0. The Morgan fingerprint density at radius 3 is 2.68 bits per heavy atom. The summed E-state index contributed by atoms with van der Waals surface area (Å²) in [5, 5.41) is 5.51. The molecule has 0 aromatic heterocycles. The van der Waals surface area contributed by atoms with Crippen LogP contribution in [0.3, 0.4) is 0 Å². The van der Waals surface area contributed by atoms with Crippen molar-refractivity contribution in [2.45, 2.75) is 26.9 Å². The topological polar surface area (TPSA) is 76.7 Å². The van der Waals surface area contributed by atoms with Gasteiger partial charge in [0.1, 0.15) is 11.5 Å². The summed E-state index contributed by atoms with van der Waals surface area (Å²) in [5.74, 6) is 0.808. The van der Waals surface area contributed by atoms with E-state index in [2.05, 4.69) is 10.6 Å². The molecule has 0 bridgehead atoms. The van der Waals surface area contributed by atoms with Gasteiger partial charge in [-0.2, -0.15) is 0 Å². The maximum Gasteiger partial charge on any atom is 0.265 e. The first kappa shape index (κ1) is 16.8. The summed E-state index contributed by atoms with van der Waals surface area (Å²) in [6, 6.07) is 10.9. The molecule has 2 aromatic rings. The van der Waals surface area contributed by atoms with Gasteiger partial charge >= 0.3 is 0 Å². The summed E-state index contributed by atoms with van der Waals surface area (Å²) >= 11 is 0. The van der Waals surface area contributed by atoms with Gasteiger partial charge < -0.3 is 20.1 Å². The van der Waals surface area contributed by atoms with Crippen molar-refractivity contribution in [2.75, 3.05) is 17.2 Å². The van der Waals surface area contributed by atoms with Crippen LogP contribution in [0.4, 0.5) is 11.4 Å². The van der Waals surface area contributed by atoms with Crippen LogP contribution in [0.2, 0.25) is 0 Å². The van der Waals surface area contributed by atoms with Gasteiger partial charge in [-0.1, -0.05) is 18.2 Å². The van der Waals surface area contributed by atoms with Crippen molar-refractivity contribution in [3.63, 3.8) is 0 Å². The van der Waals surface area contributed by atoms with Crippen LogP contribution in [0.5, 0.6) is 11.5 Å². The van der Waals surface area contributed by atoms with Crippen LogP contribution < -0.4 is 20.1 Å². The highest BCUT2D eigenvalue weighted by molar-refractivity contribution is 5.99. The number of hydrogen-bond donors (Lipinski definition) is 2. The predicted octanol–water partition coefficient (Wildman–Crippen LogP) is 3.04. The van der Waals surface area contributed by atoms with E-state index in [1.807, 2.05) is 32.0 Å². The van der Waals surface area contributed by atoms with E-state index in [1.54, 1.807) is 25.1 Å². The normalized spacial score (nSPS) is 15.6. The molecule has 2 N–H and O–H groups in total. The molecule has 6 nitrogen and oxygen atoms in total. The number of fused-ring (bicyclic) bond motifs is 1. The van der Waals surface area contributed by atoms with Crippen LogP contribution in [-0.4, -0.2) is 24.5 Å². The molecule has 130 valence electrons. The average molecular weight is 340 g/mol. The highest BCUT2D eigenvalue weighted by atomic mass is 16.5. The van der Waals surface area contributed by atoms with E-state index >= 15 is 0 Å². The molecule has 2 amide bonds. The van der Waals surface area contributed by atoms with Crippen LogP contribution >= 0.6 is 0 Å². The van der Waals surface area contributed by atoms with Gasteiger partial charge in [0.25, 0.3) is 11.8 Å². The molecule has 6 heteroatoms. The third-order valence-corrected chi connectivity index (χ3v) is 3.95. The smallest absolute Gasteiger partial charge is 0.265 e. The van der Waals surface area contributed by atoms with E-state index in [9.17, 15) is 9.59 Å². The van der Waals surface area contributed by atoms with Gasteiger partial charge in [-0.05, 0) is 50.1 Å². The minimum Gasteiger partial charge on any atom is -0.483 e. The molecule has 2 aromatic carbocycles. The number of hydrogen-bond acceptors (Lipinski definition) is 4. The van der Waals surface area contributed by atoms with Gasteiger partial charge in [0.15, 0.2) is 12.7 Å². The predicted molar refractivity (Wildman–Crippen MR) is 95.2 cm³/mol. The van der Waals surface area contributed by atoms with Gasteiger partial charge in [0, 0.05) is 5.69 Å². The summed E-state index contributed by atoms with van der Waals surface area (Å²) in [7, 11) is 0. The molecule has 25 heavy (non-hydrogen) atoms. The van der Waals surface area contributed by atoms with E-state index < -0.39 is 6.10 Å². The summed E-state index contributed by atoms with van der Waals surface area (Å²) in [6.45, 7) is 5.46. The van der Waals surface area contributed by atoms with Gasteiger partial charge in [-0.15, -0.1) is 0 Å². The number of para-hydroxylation sites is 1. The van der Waals surface area contributed by atoms with E-state index in [4.69, 9.17) is 9.47 Å². The Kier molecular flexibility index (Phi) is 4.61. The first-order valence-corrected chi connectivity index (χ1v) is 8.04. The van der Waals surface area contributed by atoms with Crippen molar-refractivity contribution >= 4 is 23.2 Å². The van der Waals surface area contributed by atoms with Gasteiger partial charge in [0.05, 0.1) is 5.69 Å². The lowest BCUT2D eigenvalue weighted by atomic mass is 10.1. The molecule has 1 atom stereocenters. The minimum absolute atomic E-state index is 0.0946. The van der Waals surface area contributed by atoms with Crippen LogP contribution in [0.15, 0.2) is 36.4 Å². The van der Waals surface area contributed by atoms with Crippen molar-refractivity contribution in [1.82, 2.24) is 0 Å². The first-order chi connectivity index (χ1) is 11.9. The lowest BCUT2D eigenvalue weighted by Gasteiger charge is -2.23. The number of amides is 2. The molecule has 0 saturated heterocycles. The third kappa shape index (κ3) is 3.74. The second-order valence-corrected chi connectivity index (χ2v) is 6.02. The maximum absolute atomic E-state index is 12.1. The molecule has 1 aliphatic heterocycles. The van der Waals surface area contributed by atoms with Crippen molar-refractivity contribution < 1.29 is 19.1 Å². The van der Waals surface area contributed by atoms with E-state index in [1.165, 1.54) is 0 Å². The van der Waals surface area contributed by atoms with Crippen LogP contribution in [0.1, 0.15) is 18.1 Å². The Labute approximate surface area is 146 Å². The highest BCUT2D eigenvalue weighted by Crippen LogP contribution is 2.32. The molecule has 0 radical (unpaired) electrons. The summed E-state index contributed by atoms with van der Waals surface area (Å²) in [4.78, 5) is 23.8. The minimum atomic E-state index is -0.529. The Morgan fingerprint density at radius 2 is 1.96 bits per heavy atom. The van der Waals surface area contributed by atoms with Gasteiger partial charge in [0.2, 0.25) is 0 Å². The third-order valence-electron chi connectivity index (χ3n) is 3.95. The molecule has 0 unspecified atom stereocenters. The fourth-order valence-corrected chi connectivity index (χ4v) is 2.65. The molecule has 0 aliphatic carbocycles. The Hall–Kier alpha value is -3.02. The SMILES string of the molecule is Cc1cccc(C)c1OCC(=O)Nc1ccc2c(c1)NC(=O)[C@H](C)O2. The number of anilines is 2. The monoisotopic (exact) mass is 340 g/mol. The zero-order valence-electron chi connectivity index (χ0n) is 14.4. The largest absolute Gasteiger partial charge is 0.483 e. The molecule has 0 saturated carbocycles. The molecule has 1 heterocycles. The zero-order valence-corrected chi connectivity index (χ0v) is 14.4. The highest BCUT2D eigenvalue weighted by Gasteiger charge is 2.23. The van der Waals surface area contributed by atoms with Crippen LogP contribution in [-0.2, 0) is 9.59 Å². The quantitative estimate of drug-likeness (QED) is 0.897. The molecule has 1 aliphatic rings. The number of benzene rings is 2. The van der Waals surface area contributed by atoms with Gasteiger partial charge in [-0.3, -0.25) is 9.59 Å². The maximum atomic E-state index is 12.1. The first-order valence-electron chi connectivity index (χ1n) is 8.04. The van der Waals surface area contributed by atoms with Crippen LogP contribution in [0.25, 0.3) is 0 Å². The number of rotatable bonds is 4. The van der Waals surface area contributed by atoms with Gasteiger partial charge in [-0.25, -0.2) is 0 Å². The average Bonchev–Trinajstić information content (AvgIpc) is 2.56. The van der Waals surface area contributed by atoms with Crippen molar-refractivity contribution in [3.8, 4) is 11.5 Å². The fraction of sp³-hybridized carbons (Fsp3) is 0.263. The molecule has 0 fully saturated rings. The lowest BCUT2D eigenvalue weighted by Crippen LogP contribution is -2.34. The summed E-state index contributed by atoms with van der Waals surface area (Å²) < 4.78 is 11.1. The summed E-state index contributed by atoms with van der Waals surface area (Å²) in [6.07, 6.45) is -0.529. The Bertz CT molecular complexity index is 812. The number of nitrogens with one attached hydrogen (secondary N) is 2. The lowest BCUT2D eigenvalue weighted by molar-refractivity contribution is -0.122. The van der Waals surface area contributed by atoms with Crippen molar-refractivity contribution in [2.24, 2.45) is 0 Å². The number of carbonyl (C=O) groups excluding carboxylic acids is 2. The molecule has 3 rings (SSSR count). The number of ether oxygens (including phenoxy) is 2. The molecular weight excluding hydrogens is 320 g/mol. The number of carbonyl (C=O) groups is 2. The van der Waals surface area contributed by atoms with E-state index in [-0.39, 0.29) is 18.4 Å². The molecule has 0 spiro atoms. The van der Waals surface area contributed by atoms with Crippen molar-refractivity contribution in [3.05, 3.63) is 47.5 Å². The number of aryl methyl sites for hydroxylation is 2. The Morgan fingerprint density at radius 1 is 1.24 bits per heavy atom. The second kappa shape index (κ2) is 6.84. The standard InChI is InChI=1S/C19H20N2O4/c1-11-5-4-6-12(2)18(11)24-10-17(22)20-14-7-8-16-15(9-14)21-19(23)13(3)25-16/h4-9,13H,10H2,1-3H3,(H,20,22)(H,21,23)/t13-/m0/s1. The Balaban J connectivity index is 1.64. The summed E-state index contributed by atoms with van der Waals surface area (Å²) in [5.41, 5.74) is 3.06.